The molecule has 1 fully saturated rings. The molecule has 0 amide bonds. The van der Waals surface area contributed by atoms with Gasteiger partial charge in [0.25, 0.3) is 7.12 Å². The van der Waals surface area contributed by atoms with E-state index in [1.165, 1.54) is 6.42 Å². The number of esters is 1. The maximum Gasteiger partial charge on any atom is 2.00 e. The van der Waals surface area contributed by atoms with Gasteiger partial charge in [-0.2, -0.15) is 0 Å². The van der Waals surface area contributed by atoms with Crippen molar-refractivity contribution in [2.45, 2.75) is 0 Å². The van der Waals surface area contributed by atoms with Gasteiger partial charge in [0.1, 0.15) is 0 Å². The Morgan fingerprint density at radius 1 is 0.893 bits per heavy atom. The first-order chi connectivity index (χ1) is 13.3. The molecule has 0 aliphatic carbocycles. The molecule has 1 aliphatic rings. The van der Waals surface area contributed by atoms with Gasteiger partial charge in [-0.05, 0) is 43.2 Å². The fourth-order valence-corrected chi connectivity index (χ4v) is 2.00. The molecule has 140 valence electrons. The third-order valence-electron chi connectivity index (χ3n) is 2.97. The average Bonchev–Trinajstić information content (AvgIpc) is 3.51. The van der Waals surface area contributed by atoms with E-state index in [2.05, 4.69) is 33.3 Å². The fourth-order valence-electron chi connectivity index (χ4n) is 2.00. The van der Waals surface area contributed by atoms with Crippen molar-refractivity contribution in [2.24, 2.45) is 0 Å². The van der Waals surface area contributed by atoms with Crippen LogP contribution < -0.4 is 0 Å². The molecule has 0 N–H and O–H groups in total. The van der Waals surface area contributed by atoms with Crippen LogP contribution in [-0.4, -0.2) is 48.8 Å². The second-order valence-electron chi connectivity index (χ2n) is 4.53. The van der Waals surface area contributed by atoms with Crippen LogP contribution in [0.2, 0.25) is 0 Å². The van der Waals surface area contributed by atoms with Crippen molar-refractivity contribution in [3.05, 3.63) is 87.9 Å². The molecule has 12 heteroatoms. The Balaban J connectivity index is 0.000000516. The molecule has 0 bridgehead atoms. The zero-order valence-electron chi connectivity index (χ0n) is 14.4. The van der Waals surface area contributed by atoms with Crippen molar-refractivity contribution in [3.63, 3.8) is 0 Å². The van der Waals surface area contributed by atoms with Crippen molar-refractivity contribution in [3.8, 4) is 0 Å². The molecule has 0 aromatic carbocycles. The average molecular weight is 461 g/mol. The monoisotopic (exact) mass is 463 g/mol. The van der Waals surface area contributed by atoms with E-state index in [4.69, 9.17) is 9.30 Å². The van der Waals surface area contributed by atoms with Crippen LogP contribution >= 0.6 is 0 Å². The number of carbonyl (C=O) groups is 1. The van der Waals surface area contributed by atoms with Gasteiger partial charge in [0.05, 0.1) is 13.0 Å². The van der Waals surface area contributed by atoms with Crippen LogP contribution in [0.4, 0.5) is 0 Å². The van der Waals surface area contributed by atoms with Crippen molar-refractivity contribution >= 4 is 13.1 Å². The van der Waals surface area contributed by atoms with Gasteiger partial charge in [0.2, 0.25) is 0 Å². The van der Waals surface area contributed by atoms with Crippen LogP contribution in [0, 0.1) is 32.6 Å². The van der Waals surface area contributed by atoms with Crippen LogP contribution in [0.5, 0.6) is 0 Å². The first-order valence-electron chi connectivity index (χ1n) is 7.39. The number of hydrogen-bond acceptors (Lipinski definition) is 5. The summed E-state index contributed by atoms with van der Waals surface area (Å²) < 4.78 is 24.9. The normalized spacial score (nSPS) is 11.8. The molecule has 0 spiro atoms. The van der Waals surface area contributed by atoms with Gasteiger partial charge in [0.15, 0.2) is 0 Å². The molecule has 1 saturated heterocycles. The maximum absolute atomic E-state index is 10.1. The number of ether oxygens (including phenoxy) is 1. The molecule has 0 unspecified atom stereocenters. The van der Waals surface area contributed by atoms with E-state index in [-0.39, 0.29) is 34.2 Å². The van der Waals surface area contributed by atoms with E-state index in [0.717, 1.165) is 0 Å². The summed E-state index contributed by atoms with van der Waals surface area (Å²) in [6, 6.07) is 5.62. The number of rotatable bonds is 3. The molecule has 1 aliphatic heterocycles. The van der Waals surface area contributed by atoms with E-state index in [9.17, 15) is 4.79 Å². The third-order valence-corrected chi connectivity index (χ3v) is 2.97. The molecule has 3 aromatic rings. The van der Waals surface area contributed by atoms with Crippen LogP contribution in [0.25, 0.3) is 0 Å². The van der Waals surface area contributed by atoms with Gasteiger partial charge < -0.3 is 18.5 Å². The quantitative estimate of drug-likeness (QED) is 0.240. The molecular formula is C16H14BMoN6O4+. The van der Waals surface area contributed by atoms with Gasteiger partial charge in [-0.15, -0.1) is 0 Å². The number of cyclic esters (lactones) is 1. The first kappa shape index (κ1) is 25.3. The van der Waals surface area contributed by atoms with Gasteiger partial charge in [-0.1, -0.05) is 0 Å². The minimum atomic E-state index is -0.248. The van der Waals surface area contributed by atoms with Gasteiger partial charge in [0, 0.05) is 25.0 Å². The minimum absolute atomic E-state index is 0. The molecule has 0 saturated carbocycles. The predicted molar refractivity (Wildman–Crippen MR) is 90.3 cm³/mol. The summed E-state index contributed by atoms with van der Waals surface area (Å²) in [5.74, 6) is -0.248. The molecular weight excluding hydrogens is 447 g/mol. The summed E-state index contributed by atoms with van der Waals surface area (Å²) in [7, 11) is -0.194. The smallest absolute Gasteiger partial charge is 0.425 e. The molecule has 3 aromatic heterocycles. The molecule has 10 nitrogen and oxygen atoms in total. The molecule has 4 rings (SSSR count). The van der Waals surface area contributed by atoms with E-state index < -0.39 is 0 Å². The Morgan fingerprint density at radius 3 is 1.54 bits per heavy atom. The zero-order valence-corrected chi connectivity index (χ0v) is 16.4. The van der Waals surface area contributed by atoms with E-state index in [0.29, 0.717) is 6.61 Å². The summed E-state index contributed by atoms with van der Waals surface area (Å²) in [5.41, 5.74) is 0. The summed E-state index contributed by atoms with van der Waals surface area (Å²) >= 11 is 0. The largest absolute Gasteiger partial charge is 2.00 e. The number of carbonyl (C=O) groups excluding carboxylic acids is 1. The molecule has 4 radical (unpaired) electrons. The summed E-state index contributed by atoms with van der Waals surface area (Å²) in [4.78, 5) is 10.1. The van der Waals surface area contributed by atoms with Gasteiger partial charge in [-0.25, -0.2) is 15.3 Å². The standard InChI is InChI=1S/C9H9BN6.C5H5O2.2CO.Mo/c1-4-11-14(7-1)10(15-8-2-5-12-15)16-9-3-6-13-16;6-5-3-1-2-4-7-5;2*1-2;/h1-9H;1-3H,4H2;;;/q-1;;;;+2. The Labute approximate surface area is 176 Å². The third kappa shape index (κ3) is 7.92. The van der Waals surface area contributed by atoms with Crippen LogP contribution in [0.15, 0.2) is 55.4 Å². The number of aromatic nitrogens is 6. The molecule has 28 heavy (non-hydrogen) atoms. The summed E-state index contributed by atoms with van der Waals surface area (Å²) in [6.07, 6.45) is 15.7. The van der Waals surface area contributed by atoms with E-state index in [1.54, 1.807) is 45.2 Å². The molecule has 4 heterocycles. The fraction of sp³-hybridized carbons (Fsp3) is 0.0625. The number of nitrogens with zero attached hydrogens (tertiary/aromatic N) is 6. The predicted octanol–water partition coefficient (Wildman–Crippen LogP) is 0.284. The minimum Gasteiger partial charge on any atom is -0.425 e. The Hall–Kier alpha value is -2.67. The van der Waals surface area contributed by atoms with E-state index >= 15 is 0 Å². The van der Waals surface area contributed by atoms with Gasteiger partial charge >= 0.3 is 49.6 Å². The summed E-state index contributed by atoms with van der Waals surface area (Å²) in [6.45, 7) is 9.43. The Morgan fingerprint density at radius 2 is 1.32 bits per heavy atom. The van der Waals surface area contributed by atoms with Crippen LogP contribution in [0.3, 0.4) is 0 Å². The van der Waals surface area contributed by atoms with Crippen LogP contribution in [-0.2, 0) is 39.9 Å². The van der Waals surface area contributed by atoms with Crippen molar-refractivity contribution < 1.29 is 39.9 Å². The Kier molecular flexibility index (Phi) is 13.9. The SMILES string of the molecule is O=C1[CH][CH][CH]CO1.[C-]#[O+].[C-]#[O+].[Mo+2].c1cnn([B-](n2cccn2)n2cccn2)c1. The second-order valence-corrected chi connectivity index (χ2v) is 4.53. The second kappa shape index (κ2) is 15.4. The van der Waals surface area contributed by atoms with Crippen molar-refractivity contribution in [2.75, 3.05) is 6.61 Å². The van der Waals surface area contributed by atoms with Gasteiger partial charge in [-0.3, -0.25) is 4.79 Å². The number of hydrogen-bond donors (Lipinski definition) is 0. The topological polar surface area (TPSA) is 120 Å². The zero-order chi connectivity index (χ0) is 19.9. The van der Waals surface area contributed by atoms with Crippen molar-refractivity contribution in [1.29, 1.82) is 0 Å². The van der Waals surface area contributed by atoms with Crippen molar-refractivity contribution in [1.82, 2.24) is 29.1 Å². The molecule has 0 atom stereocenters. The Bertz CT molecular complexity index is 694. The summed E-state index contributed by atoms with van der Waals surface area (Å²) in [5, 5.41) is 12.7. The first-order valence-corrected chi connectivity index (χ1v) is 7.39. The van der Waals surface area contributed by atoms with Crippen LogP contribution in [0.1, 0.15) is 0 Å². The maximum atomic E-state index is 10.1. The van der Waals surface area contributed by atoms with E-state index in [1.807, 2.05) is 36.8 Å².